The van der Waals surface area contributed by atoms with E-state index >= 15 is 0 Å². The number of ether oxygens (including phenoxy) is 2. The predicted octanol–water partition coefficient (Wildman–Crippen LogP) is 5.28. The quantitative estimate of drug-likeness (QED) is 0.595. The smallest absolute Gasteiger partial charge is 0.338 e. The molecule has 0 heterocycles. The van der Waals surface area contributed by atoms with Crippen molar-refractivity contribution in [3.05, 3.63) is 71.8 Å². The summed E-state index contributed by atoms with van der Waals surface area (Å²) in [6.07, 6.45) is 0.596. The highest BCUT2D eigenvalue weighted by Crippen LogP contribution is 2.29. The van der Waals surface area contributed by atoms with Gasteiger partial charge in [-0.15, -0.1) is 0 Å². The Morgan fingerprint density at radius 3 is 1.81 bits per heavy atom. The fourth-order valence-electron chi connectivity index (χ4n) is 2.83. The summed E-state index contributed by atoms with van der Waals surface area (Å²) in [5.41, 5.74) is 0.0516. The van der Waals surface area contributed by atoms with E-state index in [0.29, 0.717) is 24.0 Å². The Labute approximate surface area is 161 Å². The molecule has 0 aliphatic heterocycles. The van der Waals surface area contributed by atoms with Crippen molar-refractivity contribution in [3.8, 4) is 0 Å². The van der Waals surface area contributed by atoms with Crippen LogP contribution < -0.4 is 0 Å². The summed E-state index contributed by atoms with van der Waals surface area (Å²) in [5, 5.41) is 0. The highest BCUT2D eigenvalue weighted by molar-refractivity contribution is 5.90. The molecule has 2 atom stereocenters. The minimum atomic E-state index is -0.915. The lowest BCUT2D eigenvalue weighted by Crippen LogP contribution is -2.46. The molecule has 144 valence electrons. The van der Waals surface area contributed by atoms with Crippen molar-refractivity contribution in [2.24, 2.45) is 5.92 Å². The first kappa shape index (κ1) is 20.7. The third-order valence-corrected chi connectivity index (χ3v) is 4.66. The van der Waals surface area contributed by atoms with E-state index in [1.54, 1.807) is 48.5 Å². The van der Waals surface area contributed by atoms with Gasteiger partial charge in [-0.05, 0) is 49.9 Å². The second-order valence-electron chi connectivity index (χ2n) is 7.31. The van der Waals surface area contributed by atoms with Crippen LogP contribution in [0.2, 0.25) is 0 Å². The van der Waals surface area contributed by atoms with Gasteiger partial charge in [0.15, 0.2) is 0 Å². The van der Waals surface area contributed by atoms with Crippen molar-refractivity contribution in [2.45, 2.75) is 52.2 Å². The van der Waals surface area contributed by atoms with Crippen LogP contribution >= 0.6 is 0 Å². The zero-order valence-corrected chi connectivity index (χ0v) is 16.5. The molecule has 0 bridgehead atoms. The number of hydrogen-bond donors (Lipinski definition) is 0. The third-order valence-electron chi connectivity index (χ3n) is 4.66. The van der Waals surface area contributed by atoms with Gasteiger partial charge >= 0.3 is 11.9 Å². The summed E-state index contributed by atoms with van der Waals surface area (Å²) < 4.78 is 11.7. The van der Waals surface area contributed by atoms with Gasteiger partial charge in [-0.25, -0.2) is 9.59 Å². The first-order chi connectivity index (χ1) is 12.9. The summed E-state index contributed by atoms with van der Waals surface area (Å²) in [6, 6.07) is 17.7. The van der Waals surface area contributed by atoms with Gasteiger partial charge < -0.3 is 9.47 Å². The maximum Gasteiger partial charge on any atom is 0.338 e. The van der Waals surface area contributed by atoms with Gasteiger partial charge in [0.2, 0.25) is 0 Å². The fraction of sp³-hybridized carbons (Fsp3) is 0.391. The molecule has 0 fully saturated rings. The predicted molar refractivity (Wildman–Crippen MR) is 106 cm³/mol. The molecule has 4 nitrogen and oxygen atoms in total. The van der Waals surface area contributed by atoms with Gasteiger partial charge in [0, 0.05) is 0 Å². The molecule has 0 aliphatic carbocycles. The molecular weight excluding hydrogens is 340 g/mol. The number of hydrogen-bond acceptors (Lipinski definition) is 4. The van der Waals surface area contributed by atoms with Crippen LogP contribution in [0, 0.1) is 5.92 Å². The Morgan fingerprint density at radius 1 is 0.889 bits per heavy atom. The SMILES string of the molecule is CCC(C)(OC(=O)c1ccccc1)C(CC(C)C)OC(=O)c1ccccc1. The topological polar surface area (TPSA) is 52.6 Å². The molecule has 0 aliphatic rings. The average molecular weight is 368 g/mol. The van der Waals surface area contributed by atoms with Gasteiger partial charge in [-0.1, -0.05) is 57.2 Å². The minimum absolute atomic E-state index is 0.278. The number of rotatable bonds is 8. The van der Waals surface area contributed by atoms with Crippen molar-refractivity contribution in [3.63, 3.8) is 0 Å². The second kappa shape index (κ2) is 9.36. The average Bonchev–Trinajstić information content (AvgIpc) is 2.68. The third kappa shape index (κ3) is 5.68. The maximum absolute atomic E-state index is 12.6. The number of carbonyl (C=O) groups is 2. The van der Waals surface area contributed by atoms with Crippen molar-refractivity contribution in [1.29, 1.82) is 0 Å². The lowest BCUT2D eigenvalue weighted by molar-refractivity contribution is -0.0956. The summed E-state index contributed by atoms with van der Waals surface area (Å²) in [6.45, 7) is 7.87. The van der Waals surface area contributed by atoms with Crippen LogP contribution in [0.25, 0.3) is 0 Å². The Bertz CT molecular complexity index is 739. The fourth-order valence-corrected chi connectivity index (χ4v) is 2.83. The molecule has 0 saturated carbocycles. The Kier molecular flexibility index (Phi) is 7.17. The molecule has 0 N–H and O–H groups in total. The molecule has 2 aromatic carbocycles. The molecule has 0 radical (unpaired) electrons. The van der Waals surface area contributed by atoms with Crippen LogP contribution in [0.15, 0.2) is 60.7 Å². The summed E-state index contributed by atoms with van der Waals surface area (Å²) in [4.78, 5) is 25.2. The highest BCUT2D eigenvalue weighted by atomic mass is 16.6. The normalized spacial score (nSPS) is 14.3. The van der Waals surface area contributed by atoms with Gasteiger partial charge in [0.25, 0.3) is 0 Å². The molecular formula is C23H28O4. The minimum Gasteiger partial charge on any atom is -0.455 e. The van der Waals surface area contributed by atoms with Crippen LogP contribution in [0.4, 0.5) is 0 Å². The number of carbonyl (C=O) groups excluding carboxylic acids is 2. The molecule has 4 heteroatoms. The van der Waals surface area contributed by atoms with E-state index in [0.717, 1.165) is 0 Å². The Morgan fingerprint density at radius 2 is 1.37 bits per heavy atom. The molecule has 0 spiro atoms. The van der Waals surface area contributed by atoms with E-state index in [9.17, 15) is 9.59 Å². The van der Waals surface area contributed by atoms with Gasteiger partial charge in [0.05, 0.1) is 11.1 Å². The van der Waals surface area contributed by atoms with E-state index in [1.807, 2.05) is 26.0 Å². The molecule has 0 amide bonds. The largest absolute Gasteiger partial charge is 0.455 e. The lowest BCUT2D eigenvalue weighted by Gasteiger charge is -2.36. The van der Waals surface area contributed by atoms with Gasteiger partial charge in [0.1, 0.15) is 11.7 Å². The first-order valence-corrected chi connectivity index (χ1v) is 9.40. The van der Waals surface area contributed by atoms with Crippen molar-refractivity contribution >= 4 is 11.9 Å². The van der Waals surface area contributed by atoms with Crippen LogP contribution in [0.5, 0.6) is 0 Å². The van der Waals surface area contributed by atoms with Crippen molar-refractivity contribution in [1.82, 2.24) is 0 Å². The summed E-state index contributed by atoms with van der Waals surface area (Å²) in [5.74, 6) is -0.541. The molecule has 0 saturated heterocycles. The Hall–Kier alpha value is -2.62. The van der Waals surface area contributed by atoms with E-state index in [4.69, 9.17) is 9.47 Å². The number of esters is 2. The molecule has 2 aromatic rings. The van der Waals surface area contributed by atoms with Gasteiger partial charge in [-0.3, -0.25) is 0 Å². The molecule has 27 heavy (non-hydrogen) atoms. The molecule has 2 unspecified atom stereocenters. The lowest BCUT2D eigenvalue weighted by atomic mass is 9.89. The van der Waals surface area contributed by atoms with E-state index in [1.165, 1.54) is 0 Å². The highest BCUT2D eigenvalue weighted by Gasteiger charge is 2.40. The first-order valence-electron chi connectivity index (χ1n) is 9.40. The van der Waals surface area contributed by atoms with E-state index < -0.39 is 23.6 Å². The van der Waals surface area contributed by atoms with Crippen LogP contribution in [-0.4, -0.2) is 23.6 Å². The number of benzene rings is 2. The standard InChI is InChI=1S/C23H28O4/c1-5-23(4,27-22(25)19-14-10-7-11-15-19)20(16-17(2)3)26-21(24)18-12-8-6-9-13-18/h6-15,17,20H,5,16H2,1-4H3. The van der Waals surface area contributed by atoms with E-state index in [-0.39, 0.29) is 5.92 Å². The van der Waals surface area contributed by atoms with Crippen molar-refractivity contribution in [2.75, 3.05) is 0 Å². The van der Waals surface area contributed by atoms with Crippen LogP contribution in [0.1, 0.15) is 61.3 Å². The van der Waals surface area contributed by atoms with Crippen LogP contribution in [0.3, 0.4) is 0 Å². The van der Waals surface area contributed by atoms with Gasteiger partial charge in [-0.2, -0.15) is 0 Å². The maximum atomic E-state index is 12.6. The Balaban J connectivity index is 2.22. The summed E-state index contributed by atoms with van der Waals surface area (Å²) >= 11 is 0. The second-order valence-corrected chi connectivity index (χ2v) is 7.31. The zero-order valence-electron chi connectivity index (χ0n) is 16.5. The summed E-state index contributed by atoms with van der Waals surface area (Å²) in [7, 11) is 0. The van der Waals surface area contributed by atoms with Crippen molar-refractivity contribution < 1.29 is 19.1 Å². The molecule has 2 rings (SSSR count). The van der Waals surface area contributed by atoms with E-state index in [2.05, 4.69) is 13.8 Å². The molecule has 0 aromatic heterocycles. The zero-order chi connectivity index (χ0) is 19.9. The van der Waals surface area contributed by atoms with Crippen LogP contribution in [-0.2, 0) is 9.47 Å². The monoisotopic (exact) mass is 368 g/mol.